The fourth-order valence-electron chi connectivity index (χ4n) is 2.95. The molecule has 0 amide bonds. The first-order valence-electron chi connectivity index (χ1n) is 8.34. The average Bonchev–Trinajstić information content (AvgIpc) is 2.53. The number of halogens is 1. The maximum absolute atomic E-state index is 13.4. The molecule has 2 aromatic rings. The molecule has 0 nitrogen and oxygen atoms in total. The zero-order valence-corrected chi connectivity index (χ0v) is 13.9. The van der Waals surface area contributed by atoms with Crippen molar-refractivity contribution in [3.05, 3.63) is 71.3 Å². The van der Waals surface area contributed by atoms with Gasteiger partial charge in [-0.3, -0.25) is 0 Å². The molecule has 2 rings (SSSR count). The van der Waals surface area contributed by atoms with Crippen LogP contribution >= 0.6 is 0 Å². The quantitative estimate of drug-likeness (QED) is 0.549. The second-order valence-corrected chi connectivity index (χ2v) is 6.56. The summed E-state index contributed by atoms with van der Waals surface area (Å²) in [5.41, 5.74) is 3.46. The molecule has 3 unspecified atom stereocenters. The summed E-state index contributed by atoms with van der Waals surface area (Å²) < 4.78 is 13.4. The van der Waals surface area contributed by atoms with Gasteiger partial charge in [0.15, 0.2) is 0 Å². The van der Waals surface area contributed by atoms with Gasteiger partial charge in [0.05, 0.1) is 0 Å². The summed E-state index contributed by atoms with van der Waals surface area (Å²) in [7, 11) is 0. The topological polar surface area (TPSA) is 0 Å². The fraction of sp³-hybridized carbons (Fsp3) is 0.429. The first-order valence-corrected chi connectivity index (χ1v) is 8.34. The van der Waals surface area contributed by atoms with Crippen molar-refractivity contribution >= 4 is 0 Å². The van der Waals surface area contributed by atoms with Gasteiger partial charge in [-0.1, -0.05) is 68.4 Å². The Labute approximate surface area is 134 Å². The second kappa shape index (κ2) is 8.12. The van der Waals surface area contributed by atoms with Crippen molar-refractivity contribution in [1.29, 1.82) is 0 Å². The Morgan fingerprint density at radius 3 is 2.18 bits per heavy atom. The molecular formula is C21H27F. The number of rotatable bonds is 7. The van der Waals surface area contributed by atoms with Crippen LogP contribution in [0.1, 0.15) is 62.4 Å². The molecule has 3 atom stereocenters. The lowest BCUT2D eigenvalue weighted by molar-refractivity contribution is 0.373. The van der Waals surface area contributed by atoms with Crippen LogP contribution in [0.25, 0.3) is 0 Å². The van der Waals surface area contributed by atoms with Crippen LogP contribution in [-0.2, 0) is 6.42 Å². The minimum absolute atomic E-state index is 0.598. The van der Waals surface area contributed by atoms with E-state index in [-0.39, 0.29) is 0 Å². The first-order chi connectivity index (χ1) is 10.6. The zero-order chi connectivity index (χ0) is 15.9. The number of hydrogen-bond donors (Lipinski definition) is 0. The number of hydrogen-bond acceptors (Lipinski definition) is 0. The molecule has 0 aromatic heterocycles. The van der Waals surface area contributed by atoms with Crippen LogP contribution in [0.5, 0.6) is 0 Å². The molecule has 2 aromatic carbocycles. The molecule has 0 bridgehead atoms. The standard InChI is InChI=1S/C21H27F/c1-16(12-13-17(2)20-9-5-4-6-10-20)14-19-8-7-11-21(15-19)18(3)22/h4-11,15-18H,12-14H2,1-3H3. The van der Waals surface area contributed by atoms with Gasteiger partial charge in [-0.05, 0) is 54.7 Å². The maximum Gasteiger partial charge on any atom is 0.122 e. The molecule has 1 heteroatoms. The van der Waals surface area contributed by atoms with Gasteiger partial charge in [0.1, 0.15) is 6.17 Å². The highest BCUT2D eigenvalue weighted by Gasteiger charge is 2.10. The largest absolute Gasteiger partial charge is 0.243 e. The van der Waals surface area contributed by atoms with E-state index in [9.17, 15) is 4.39 Å². The third-order valence-corrected chi connectivity index (χ3v) is 4.46. The molecule has 22 heavy (non-hydrogen) atoms. The SMILES string of the molecule is CC(CCC(C)c1ccccc1)Cc1cccc(C(C)F)c1. The van der Waals surface area contributed by atoms with Crippen LogP contribution in [-0.4, -0.2) is 0 Å². The Morgan fingerprint density at radius 1 is 0.818 bits per heavy atom. The van der Waals surface area contributed by atoms with Gasteiger partial charge in [-0.2, -0.15) is 0 Å². The summed E-state index contributed by atoms with van der Waals surface area (Å²) in [5, 5.41) is 0. The van der Waals surface area contributed by atoms with Crippen LogP contribution in [0.4, 0.5) is 4.39 Å². The lowest BCUT2D eigenvalue weighted by atomic mass is 9.89. The highest BCUT2D eigenvalue weighted by atomic mass is 19.1. The van der Waals surface area contributed by atoms with Crippen LogP contribution in [0.2, 0.25) is 0 Å². The Bertz CT molecular complexity index is 559. The average molecular weight is 298 g/mol. The third kappa shape index (κ3) is 4.98. The fourth-order valence-corrected chi connectivity index (χ4v) is 2.95. The summed E-state index contributed by atoms with van der Waals surface area (Å²) in [6.45, 7) is 6.20. The lowest BCUT2D eigenvalue weighted by Crippen LogP contribution is -2.03. The molecule has 0 N–H and O–H groups in total. The monoisotopic (exact) mass is 298 g/mol. The molecule has 0 spiro atoms. The van der Waals surface area contributed by atoms with E-state index in [2.05, 4.69) is 50.2 Å². The van der Waals surface area contributed by atoms with Crippen molar-refractivity contribution in [3.63, 3.8) is 0 Å². The Balaban J connectivity index is 1.85. The maximum atomic E-state index is 13.4. The van der Waals surface area contributed by atoms with Gasteiger partial charge in [-0.25, -0.2) is 4.39 Å². The van der Waals surface area contributed by atoms with Crippen molar-refractivity contribution in [2.24, 2.45) is 5.92 Å². The molecule has 118 valence electrons. The Kier molecular flexibility index (Phi) is 6.18. The van der Waals surface area contributed by atoms with Gasteiger partial charge in [0, 0.05) is 0 Å². The predicted molar refractivity (Wildman–Crippen MR) is 92.9 cm³/mol. The van der Waals surface area contributed by atoms with Crippen LogP contribution in [0, 0.1) is 5.92 Å². The van der Waals surface area contributed by atoms with Crippen LogP contribution in [0.15, 0.2) is 54.6 Å². The highest BCUT2D eigenvalue weighted by molar-refractivity contribution is 5.25. The summed E-state index contributed by atoms with van der Waals surface area (Å²) in [4.78, 5) is 0. The van der Waals surface area contributed by atoms with Crippen LogP contribution < -0.4 is 0 Å². The van der Waals surface area contributed by atoms with Crippen molar-refractivity contribution in [3.8, 4) is 0 Å². The van der Waals surface area contributed by atoms with Crippen molar-refractivity contribution in [2.75, 3.05) is 0 Å². The summed E-state index contributed by atoms with van der Waals surface area (Å²) >= 11 is 0. The molecule has 0 fully saturated rings. The van der Waals surface area contributed by atoms with Gasteiger partial charge >= 0.3 is 0 Å². The van der Waals surface area contributed by atoms with Gasteiger partial charge in [0.2, 0.25) is 0 Å². The first kappa shape index (κ1) is 16.7. The van der Waals surface area contributed by atoms with E-state index >= 15 is 0 Å². The molecule has 0 aliphatic carbocycles. The van der Waals surface area contributed by atoms with Gasteiger partial charge < -0.3 is 0 Å². The third-order valence-electron chi connectivity index (χ3n) is 4.46. The summed E-state index contributed by atoms with van der Waals surface area (Å²) in [6, 6.07) is 18.7. The van der Waals surface area contributed by atoms with E-state index in [0.29, 0.717) is 11.8 Å². The van der Waals surface area contributed by atoms with E-state index in [1.54, 1.807) is 6.92 Å². The molecule has 0 aliphatic heterocycles. The highest BCUT2D eigenvalue weighted by Crippen LogP contribution is 2.25. The summed E-state index contributed by atoms with van der Waals surface area (Å²) in [5.74, 6) is 1.22. The lowest BCUT2D eigenvalue weighted by Gasteiger charge is -2.16. The van der Waals surface area contributed by atoms with Gasteiger partial charge in [0.25, 0.3) is 0 Å². The minimum atomic E-state index is -0.881. The number of benzene rings is 2. The molecule has 0 aliphatic rings. The zero-order valence-electron chi connectivity index (χ0n) is 13.9. The number of alkyl halides is 1. The van der Waals surface area contributed by atoms with E-state index in [1.807, 2.05) is 18.2 Å². The van der Waals surface area contributed by atoms with Gasteiger partial charge in [-0.15, -0.1) is 0 Å². The van der Waals surface area contributed by atoms with Crippen LogP contribution in [0.3, 0.4) is 0 Å². The predicted octanol–water partition coefficient (Wildman–Crippen LogP) is 6.48. The molecular weight excluding hydrogens is 271 g/mol. The minimum Gasteiger partial charge on any atom is -0.243 e. The van der Waals surface area contributed by atoms with Crippen molar-refractivity contribution in [2.45, 2.75) is 52.1 Å². The van der Waals surface area contributed by atoms with E-state index in [0.717, 1.165) is 12.0 Å². The summed E-state index contributed by atoms with van der Waals surface area (Å²) in [6.07, 6.45) is 2.55. The Hall–Kier alpha value is -1.63. The second-order valence-electron chi connectivity index (χ2n) is 6.56. The van der Waals surface area contributed by atoms with E-state index < -0.39 is 6.17 Å². The molecule has 0 saturated carbocycles. The molecule has 0 saturated heterocycles. The molecule has 0 heterocycles. The normalized spacial score (nSPS) is 15.3. The smallest absolute Gasteiger partial charge is 0.122 e. The van der Waals surface area contributed by atoms with Crippen molar-refractivity contribution in [1.82, 2.24) is 0 Å². The van der Waals surface area contributed by atoms with E-state index in [1.165, 1.54) is 24.0 Å². The Morgan fingerprint density at radius 2 is 1.50 bits per heavy atom. The molecule has 0 radical (unpaired) electrons. The van der Waals surface area contributed by atoms with E-state index in [4.69, 9.17) is 0 Å². The van der Waals surface area contributed by atoms with Crippen molar-refractivity contribution < 1.29 is 4.39 Å².